The first-order valence-corrected chi connectivity index (χ1v) is 10.5. The first-order valence-electron chi connectivity index (χ1n) is 10.1. The van der Waals surface area contributed by atoms with Crippen LogP contribution >= 0.6 is 11.6 Å². The summed E-state index contributed by atoms with van der Waals surface area (Å²) in [6.07, 6.45) is 7.22. The van der Waals surface area contributed by atoms with E-state index in [1.807, 2.05) is 36.4 Å². The highest BCUT2D eigenvalue weighted by Crippen LogP contribution is 2.28. The Balaban J connectivity index is 1.47. The van der Waals surface area contributed by atoms with E-state index in [0.717, 1.165) is 24.0 Å². The molecule has 1 N–H and O–H groups in total. The predicted octanol–water partition coefficient (Wildman–Crippen LogP) is 4.73. The Morgan fingerprint density at radius 2 is 1.90 bits per heavy atom. The van der Waals surface area contributed by atoms with Crippen molar-refractivity contribution in [2.24, 2.45) is 5.16 Å². The van der Waals surface area contributed by atoms with Gasteiger partial charge in [-0.1, -0.05) is 48.2 Å². The summed E-state index contributed by atoms with van der Waals surface area (Å²) in [4.78, 5) is 17.1. The molecule has 1 aliphatic rings. The normalized spacial score (nSPS) is 14.5. The molecule has 1 saturated carbocycles. The molecule has 1 amide bonds. The number of nitrogens with zero attached hydrogens (tertiary/aromatic N) is 1. The summed E-state index contributed by atoms with van der Waals surface area (Å²) in [6, 6.07) is 13.2. The van der Waals surface area contributed by atoms with Crippen molar-refractivity contribution >= 4 is 23.7 Å². The first-order chi connectivity index (χ1) is 14.6. The Hall–Kier alpha value is -2.73. The summed E-state index contributed by atoms with van der Waals surface area (Å²) in [6.45, 7) is 0.312. The highest BCUT2D eigenvalue weighted by atomic mass is 35.5. The first kappa shape index (κ1) is 22.0. The van der Waals surface area contributed by atoms with Gasteiger partial charge in [-0.3, -0.25) is 4.79 Å². The van der Waals surface area contributed by atoms with Crippen LogP contribution < -0.4 is 14.8 Å². The molecule has 0 atom stereocenters. The lowest BCUT2D eigenvalue weighted by Gasteiger charge is -2.22. The lowest BCUT2D eigenvalue weighted by atomic mass is 9.95. The van der Waals surface area contributed by atoms with Gasteiger partial charge in [-0.2, -0.15) is 0 Å². The van der Waals surface area contributed by atoms with Gasteiger partial charge in [0.25, 0.3) is 5.91 Å². The number of ether oxygens (including phenoxy) is 2. The number of hydrogen-bond donors (Lipinski definition) is 1. The standard InChI is InChI=1S/C23H27ClN2O4/c1-28-22-13-18(9-12-21(22)29-15-17-7-10-19(24)11-8-17)14-25-30-16-23(27)26-20-5-3-2-4-6-20/h7-14,20H,2-6,15-16H2,1H3,(H,26,27)/b25-14+. The number of oxime groups is 1. The van der Waals surface area contributed by atoms with Crippen molar-refractivity contribution in [1.29, 1.82) is 0 Å². The molecule has 3 rings (SSSR count). The van der Waals surface area contributed by atoms with Gasteiger partial charge in [-0.15, -0.1) is 0 Å². The number of methoxy groups -OCH3 is 1. The summed E-state index contributed by atoms with van der Waals surface area (Å²) in [5.74, 6) is 1.07. The van der Waals surface area contributed by atoms with Gasteiger partial charge in [0.05, 0.1) is 13.3 Å². The van der Waals surface area contributed by atoms with E-state index in [0.29, 0.717) is 23.1 Å². The van der Waals surface area contributed by atoms with Gasteiger partial charge >= 0.3 is 0 Å². The second-order valence-corrected chi connectivity index (χ2v) is 7.67. The molecule has 0 bridgehead atoms. The van der Waals surface area contributed by atoms with Crippen molar-refractivity contribution in [3.63, 3.8) is 0 Å². The van der Waals surface area contributed by atoms with Crippen LogP contribution in [0.2, 0.25) is 5.02 Å². The third-order valence-electron chi connectivity index (χ3n) is 4.94. The highest BCUT2D eigenvalue weighted by molar-refractivity contribution is 6.30. The molecular formula is C23H27ClN2O4. The van der Waals surface area contributed by atoms with Gasteiger partial charge in [-0.05, 0) is 48.7 Å². The fourth-order valence-electron chi connectivity index (χ4n) is 3.34. The third-order valence-corrected chi connectivity index (χ3v) is 5.19. The fourth-order valence-corrected chi connectivity index (χ4v) is 3.46. The lowest BCUT2D eigenvalue weighted by Crippen LogP contribution is -2.38. The number of hydrogen-bond acceptors (Lipinski definition) is 5. The molecule has 0 heterocycles. The zero-order valence-electron chi connectivity index (χ0n) is 17.1. The monoisotopic (exact) mass is 430 g/mol. The largest absolute Gasteiger partial charge is 0.493 e. The van der Waals surface area contributed by atoms with Gasteiger partial charge in [0.2, 0.25) is 0 Å². The molecule has 0 unspecified atom stereocenters. The van der Waals surface area contributed by atoms with Crippen molar-refractivity contribution in [2.45, 2.75) is 44.8 Å². The van der Waals surface area contributed by atoms with E-state index in [2.05, 4.69) is 10.5 Å². The van der Waals surface area contributed by atoms with E-state index >= 15 is 0 Å². The topological polar surface area (TPSA) is 69.2 Å². The van der Waals surface area contributed by atoms with Crippen LogP contribution in [0.4, 0.5) is 0 Å². The van der Waals surface area contributed by atoms with E-state index < -0.39 is 0 Å². The molecule has 2 aromatic carbocycles. The van der Waals surface area contributed by atoms with E-state index in [-0.39, 0.29) is 18.6 Å². The van der Waals surface area contributed by atoms with Crippen molar-refractivity contribution in [1.82, 2.24) is 5.32 Å². The molecule has 6 nitrogen and oxygen atoms in total. The van der Waals surface area contributed by atoms with Gasteiger partial charge in [-0.25, -0.2) is 0 Å². The van der Waals surface area contributed by atoms with Crippen LogP contribution in [0.1, 0.15) is 43.2 Å². The number of rotatable bonds is 9. The molecule has 160 valence electrons. The molecule has 0 spiro atoms. The van der Waals surface area contributed by atoms with Gasteiger partial charge in [0, 0.05) is 16.6 Å². The van der Waals surface area contributed by atoms with Crippen LogP contribution in [0.5, 0.6) is 11.5 Å². The fraction of sp³-hybridized carbons (Fsp3) is 0.391. The maximum Gasteiger partial charge on any atom is 0.260 e. The molecule has 30 heavy (non-hydrogen) atoms. The Morgan fingerprint density at radius 1 is 1.13 bits per heavy atom. The Morgan fingerprint density at radius 3 is 2.63 bits per heavy atom. The number of carbonyl (C=O) groups is 1. The van der Waals surface area contributed by atoms with E-state index in [4.69, 9.17) is 25.9 Å². The van der Waals surface area contributed by atoms with Crippen LogP contribution in [0.15, 0.2) is 47.6 Å². The molecule has 1 fully saturated rings. The number of carbonyl (C=O) groups excluding carboxylic acids is 1. The van der Waals surface area contributed by atoms with Crippen molar-refractivity contribution in [3.8, 4) is 11.5 Å². The molecule has 0 aromatic heterocycles. The molecular weight excluding hydrogens is 404 g/mol. The Bertz CT molecular complexity index is 849. The molecule has 7 heteroatoms. The third kappa shape index (κ3) is 6.95. The highest BCUT2D eigenvalue weighted by Gasteiger charge is 2.15. The maximum atomic E-state index is 11.9. The molecule has 0 saturated heterocycles. The van der Waals surface area contributed by atoms with Gasteiger partial charge < -0.3 is 19.6 Å². The Labute approximate surface area is 182 Å². The summed E-state index contributed by atoms with van der Waals surface area (Å²) in [5.41, 5.74) is 1.78. The van der Waals surface area contributed by atoms with Crippen LogP contribution in [-0.2, 0) is 16.2 Å². The summed E-state index contributed by atoms with van der Waals surface area (Å²) in [5, 5.41) is 7.57. The second kappa shape index (κ2) is 11.5. The molecule has 2 aromatic rings. The number of halogens is 1. The zero-order chi connectivity index (χ0) is 21.2. The zero-order valence-corrected chi connectivity index (χ0v) is 17.9. The van der Waals surface area contributed by atoms with Crippen LogP contribution in [0, 0.1) is 0 Å². The minimum Gasteiger partial charge on any atom is -0.493 e. The van der Waals surface area contributed by atoms with E-state index in [9.17, 15) is 4.79 Å². The minimum absolute atomic E-state index is 0.0909. The van der Waals surface area contributed by atoms with E-state index in [1.165, 1.54) is 19.3 Å². The summed E-state index contributed by atoms with van der Waals surface area (Å²) >= 11 is 5.90. The summed E-state index contributed by atoms with van der Waals surface area (Å²) in [7, 11) is 1.58. The maximum absolute atomic E-state index is 11.9. The van der Waals surface area contributed by atoms with Crippen LogP contribution in [0.3, 0.4) is 0 Å². The smallest absolute Gasteiger partial charge is 0.260 e. The minimum atomic E-state index is -0.137. The van der Waals surface area contributed by atoms with E-state index in [1.54, 1.807) is 19.4 Å². The van der Waals surface area contributed by atoms with Gasteiger partial charge in [0.15, 0.2) is 18.1 Å². The average Bonchev–Trinajstić information content (AvgIpc) is 2.77. The Kier molecular flexibility index (Phi) is 8.39. The van der Waals surface area contributed by atoms with Gasteiger partial charge in [0.1, 0.15) is 6.61 Å². The lowest BCUT2D eigenvalue weighted by molar-refractivity contribution is -0.126. The second-order valence-electron chi connectivity index (χ2n) is 7.24. The quantitative estimate of drug-likeness (QED) is 0.461. The van der Waals surface area contributed by atoms with Crippen LogP contribution in [0.25, 0.3) is 0 Å². The SMILES string of the molecule is COc1cc(/C=N/OCC(=O)NC2CCCCC2)ccc1OCc1ccc(Cl)cc1. The molecule has 0 radical (unpaired) electrons. The molecule has 0 aliphatic heterocycles. The average molecular weight is 431 g/mol. The predicted molar refractivity (Wildman–Crippen MR) is 117 cm³/mol. The number of nitrogens with one attached hydrogen (secondary N) is 1. The van der Waals surface area contributed by atoms with Crippen molar-refractivity contribution < 1.29 is 19.1 Å². The summed E-state index contributed by atoms with van der Waals surface area (Å²) < 4.78 is 11.3. The van der Waals surface area contributed by atoms with Crippen LogP contribution in [-0.4, -0.2) is 31.9 Å². The number of benzene rings is 2. The van der Waals surface area contributed by atoms with Crippen molar-refractivity contribution in [3.05, 3.63) is 58.6 Å². The molecule has 1 aliphatic carbocycles. The van der Waals surface area contributed by atoms with Crippen molar-refractivity contribution in [2.75, 3.05) is 13.7 Å². The number of amides is 1.